The van der Waals surface area contributed by atoms with E-state index in [2.05, 4.69) is 65.8 Å². The topological polar surface area (TPSA) is 237 Å². The number of hydrogen-bond donors (Lipinski definition) is 3. The first kappa shape index (κ1) is 84.5. The number of unbranched alkanes of at least 4 members (excludes halogenated alkanes) is 31. The van der Waals surface area contributed by atoms with Crippen LogP contribution in [0.3, 0.4) is 0 Å². The van der Waals surface area contributed by atoms with Gasteiger partial charge in [0.05, 0.1) is 26.4 Å². The summed E-state index contributed by atoms with van der Waals surface area (Å²) in [6.45, 7) is 9.38. The Kier molecular flexibility index (Phi) is 58.1. The Morgan fingerprint density at radius 2 is 0.678 bits per heavy atom. The SMILES string of the molecule is CCCCCC/C=C\C=C/CCCCCCCC(=O)O[C@H](COC(=O)CCCCCCCCCCCCC(C)CC)COP(=O)(O)OC[C@@H](O)COP(=O)(O)OC[C@@H](COC(=O)CCCCCCCCCCC)OC(=O)CCCCCCCCC(C)C. The van der Waals surface area contributed by atoms with Crippen LogP contribution in [0.15, 0.2) is 24.3 Å². The van der Waals surface area contributed by atoms with Crippen molar-refractivity contribution >= 4 is 39.5 Å². The monoisotopic (exact) mass is 1280 g/mol. The number of phosphoric acid groups is 2. The van der Waals surface area contributed by atoms with Crippen LogP contribution in [0.2, 0.25) is 0 Å². The summed E-state index contributed by atoms with van der Waals surface area (Å²) in [4.78, 5) is 72.3. The number of aliphatic hydroxyl groups is 1. The van der Waals surface area contributed by atoms with Crippen molar-refractivity contribution in [2.24, 2.45) is 11.8 Å². The highest BCUT2D eigenvalue weighted by molar-refractivity contribution is 7.47. The zero-order valence-electron chi connectivity index (χ0n) is 55.8. The van der Waals surface area contributed by atoms with Gasteiger partial charge >= 0.3 is 39.5 Å². The Hall–Kier alpha value is -2.46. The van der Waals surface area contributed by atoms with Gasteiger partial charge in [0.1, 0.15) is 19.3 Å². The number of aliphatic hydroxyl groups excluding tert-OH is 1. The van der Waals surface area contributed by atoms with Gasteiger partial charge in [0, 0.05) is 25.7 Å². The second-order valence-electron chi connectivity index (χ2n) is 24.6. The molecule has 17 nitrogen and oxygen atoms in total. The Morgan fingerprint density at radius 1 is 0.379 bits per heavy atom. The van der Waals surface area contributed by atoms with Crippen LogP contribution in [0.25, 0.3) is 0 Å². The van der Waals surface area contributed by atoms with Crippen molar-refractivity contribution in [1.82, 2.24) is 0 Å². The maximum Gasteiger partial charge on any atom is 0.472 e. The van der Waals surface area contributed by atoms with Crippen LogP contribution in [-0.2, 0) is 65.4 Å². The Balaban J connectivity index is 5.27. The Labute approximate surface area is 529 Å². The summed E-state index contributed by atoms with van der Waals surface area (Å²) in [7, 11) is -9.91. The molecule has 0 rings (SSSR count). The first-order chi connectivity index (χ1) is 41.9. The highest BCUT2D eigenvalue weighted by atomic mass is 31.2. The van der Waals surface area contributed by atoms with Crippen LogP contribution in [-0.4, -0.2) is 96.7 Å². The molecule has 0 aromatic carbocycles. The molecule has 6 atom stereocenters. The van der Waals surface area contributed by atoms with Crippen LogP contribution in [0.4, 0.5) is 0 Å². The second-order valence-corrected chi connectivity index (χ2v) is 27.5. The number of hydrogen-bond acceptors (Lipinski definition) is 15. The van der Waals surface area contributed by atoms with Gasteiger partial charge in [-0.15, -0.1) is 0 Å². The third kappa shape index (κ3) is 60.9. The number of esters is 4. The van der Waals surface area contributed by atoms with E-state index in [9.17, 15) is 43.2 Å². The molecule has 0 fully saturated rings. The predicted octanol–water partition coefficient (Wildman–Crippen LogP) is 18.8. The van der Waals surface area contributed by atoms with Gasteiger partial charge in [-0.2, -0.15) is 0 Å². The van der Waals surface area contributed by atoms with E-state index in [0.29, 0.717) is 31.6 Å². The molecule has 87 heavy (non-hydrogen) atoms. The molecule has 0 saturated carbocycles. The van der Waals surface area contributed by atoms with E-state index in [4.69, 9.17) is 37.0 Å². The summed E-state index contributed by atoms with van der Waals surface area (Å²) >= 11 is 0. The minimum atomic E-state index is -4.96. The van der Waals surface area contributed by atoms with E-state index in [0.717, 1.165) is 109 Å². The molecule has 0 aromatic heterocycles. The highest BCUT2D eigenvalue weighted by Crippen LogP contribution is 2.45. The fourth-order valence-electron chi connectivity index (χ4n) is 9.67. The quantitative estimate of drug-likeness (QED) is 0.0169. The maximum absolute atomic E-state index is 13.0. The molecule has 512 valence electrons. The lowest BCUT2D eigenvalue weighted by Crippen LogP contribution is -2.30. The lowest BCUT2D eigenvalue weighted by molar-refractivity contribution is -0.161. The fourth-order valence-corrected chi connectivity index (χ4v) is 11.2. The molecule has 0 aromatic rings. The lowest BCUT2D eigenvalue weighted by Gasteiger charge is -2.21. The summed E-state index contributed by atoms with van der Waals surface area (Å²) < 4.78 is 68.1. The van der Waals surface area contributed by atoms with Crippen LogP contribution < -0.4 is 0 Å². The molecule has 0 aliphatic heterocycles. The van der Waals surface area contributed by atoms with Crippen molar-refractivity contribution in [3.05, 3.63) is 24.3 Å². The van der Waals surface area contributed by atoms with Gasteiger partial charge in [0.2, 0.25) is 0 Å². The smallest absolute Gasteiger partial charge is 0.462 e. The number of carbonyl (C=O) groups is 4. The molecule has 0 bridgehead atoms. The first-order valence-corrected chi connectivity index (χ1v) is 37.8. The second kappa shape index (κ2) is 59.8. The van der Waals surface area contributed by atoms with E-state index in [1.165, 1.54) is 122 Å². The van der Waals surface area contributed by atoms with Gasteiger partial charge in [-0.3, -0.25) is 37.3 Å². The lowest BCUT2D eigenvalue weighted by atomic mass is 9.99. The first-order valence-electron chi connectivity index (χ1n) is 34.8. The molecule has 0 aliphatic rings. The van der Waals surface area contributed by atoms with Gasteiger partial charge < -0.3 is 33.8 Å². The van der Waals surface area contributed by atoms with E-state index in [-0.39, 0.29) is 25.7 Å². The van der Waals surface area contributed by atoms with Crippen LogP contribution in [0, 0.1) is 11.8 Å². The van der Waals surface area contributed by atoms with Gasteiger partial charge in [0.25, 0.3) is 0 Å². The summed E-state index contributed by atoms with van der Waals surface area (Å²) in [5.41, 5.74) is 0. The molecular weight excluding hydrogens is 1150 g/mol. The van der Waals surface area contributed by atoms with Crippen molar-refractivity contribution in [3.8, 4) is 0 Å². The molecule has 3 N–H and O–H groups in total. The van der Waals surface area contributed by atoms with Crippen molar-refractivity contribution in [2.45, 2.75) is 336 Å². The molecule has 0 spiro atoms. The van der Waals surface area contributed by atoms with E-state index in [1.54, 1.807) is 0 Å². The summed E-state index contributed by atoms with van der Waals surface area (Å²) in [5.74, 6) is -0.689. The molecule has 0 heterocycles. The number of carbonyl (C=O) groups excluding carboxylic acids is 4. The standard InChI is InChI=1S/C68H128O17P2/c1-7-10-12-14-16-18-19-20-21-22-23-29-33-40-46-52-67(72)84-63(56-79-66(71)51-45-39-32-28-25-24-27-30-37-43-49-61(6)9-3)58-82-86(74,75)80-54-62(69)55-81-87(76,77)83-59-64(85-68(73)53-47-41-35-34-36-42-48-60(4)5)57-78-65(70)50-44-38-31-26-17-15-13-11-8-2/h18-21,60-64,69H,7-17,22-59H2,1-6H3,(H,74,75)(H,76,77)/b19-18-,21-20-/t61?,62-,63-,64-/m1/s1. The molecule has 0 saturated heterocycles. The van der Waals surface area contributed by atoms with Crippen LogP contribution in [0.1, 0.15) is 318 Å². The van der Waals surface area contributed by atoms with Crippen molar-refractivity contribution in [2.75, 3.05) is 39.6 Å². The van der Waals surface area contributed by atoms with Gasteiger partial charge in [-0.05, 0) is 63.2 Å². The summed E-state index contributed by atoms with van der Waals surface area (Å²) in [5, 5.41) is 10.6. The zero-order valence-corrected chi connectivity index (χ0v) is 57.6. The number of phosphoric ester groups is 2. The largest absolute Gasteiger partial charge is 0.472 e. The average Bonchev–Trinajstić information content (AvgIpc) is 3.69. The fraction of sp³-hybridized carbons (Fsp3) is 0.882. The van der Waals surface area contributed by atoms with E-state index in [1.807, 2.05) is 0 Å². The number of rotatable bonds is 65. The molecule has 19 heteroatoms. The van der Waals surface area contributed by atoms with E-state index < -0.39 is 97.5 Å². The Morgan fingerprint density at radius 3 is 1.03 bits per heavy atom. The molecule has 3 unspecified atom stereocenters. The number of ether oxygens (including phenoxy) is 4. The molecule has 0 amide bonds. The van der Waals surface area contributed by atoms with Crippen LogP contribution >= 0.6 is 15.6 Å². The van der Waals surface area contributed by atoms with Gasteiger partial charge in [0.15, 0.2) is 12.2 Å². The van der Waals surface area contributed by atoms with Gasteiger partial charge in [-0.1, -0.05) is 265 Å². The van der Waals surface area contributed by atoms with Crippen LogP contribution in [0.5, 0.6) is 0 Å². The van der Waals surface area contributed by atoms with Crippen molar-refractivity contribution in [3.63, 3.8) is 0 Å². The zero-order chi connectivity index (χ0) is 64.3. The molecular formula is C68H128O17P2. The summed E-state index contributed by atoms with van der Waals surface area (Å²) in [6, 6.07) is 0. The average molecular weight is 1280 g/mol. The maximum atomic E-state index is 13.0. The third-order valence-electron chi connectivity index (χ3n) is 15.4. The van der Waals surface area contributed by atoms with Gasteiger partial charge in [-0.25, -0.2) is 9.13 Å². The van der Waals surface area contributed by atoms with Crippen molar-refractivity contribution in [1.29, 1.82) is 0 Å². The van der Waals surface area contributed by atoms with Crippen molar-refractivity contribution < 1.29 is 80.2 Å². The Bertz CT molecular complexity index is 1800. The predicted molar refractivity (Wildman–Crippen MR) is 349 cm³/mol. The minimum absolute atomic E-state index is 0.0845. The van der Waals surface area contributed by atoms with E-state index >= 15 is 0 Å². The third-order valence-corrected chi connectivity index (χ3v) is 17.3. The normalized spacial score (nSPS) is 14.7. The number of allylic oxidation sites excluding steroid dienone is 4. The molecule has 0 radical (unpaired) electrons. The minimum Gasteiger partial charge on any atom is -0.462 e. The summed E-state index contributed by atoms with van der Waals surface area (Å²) in [6.07, 6.45) is 46.7. The molecule has 0 aliphatic carbocycles. The highest BCUT2D eigenvalue weighted by Gasteiger charge is 2.30.